The van der Waals surface area contributed by atoms with E-state index < -0.39 is 0 Å². The minimum absolute atomic E-state index is 0.194. The molecule has 98 valence electrons. The van der Waals surface area contributed by atoms with Crippen molar-refractivity contribution in [1.82, 2.24) is 20.8 Å². The Morgan fingerprint density at radius 3 is 2.78 bits per heavy atom. The lowest BCUT2D eigenvalue weighted by Crippen LogP contribution is -2.44. The molecule has 0 bridgehead atoms. The van der Waals surface area contributed by atoms with Crippen molar-refractivity contribution >= 4 is 6.03 Å². The lowest BCUT2D eigenvalue weighted by molar-refractivity contribution is 0.236. The van der Waals surface area contributed by atoms with Crippen LogP contribution in [0.1, 0.15) is 25.6 Å². The van der Waals surface area contributed by atoms with E-state index in [2.05, 4.69) is 26.7 Å². The van der Waals surface area contributed by atoms with Gasteiger partial charge in [0.2, 0.25) is 5.89 Å². The number of rotatable bonds is 5. The molecule has 2 amide bonds. The minimum Gasteiger partial charge on any atom is -0.339 e. The molecule has 0 fully saturated rings. The zero-order chi connectivity index (χ0) is 13.5. The number of urea groups is 1. The molecule has 6 nitrogen and oxygen atoms in total. The number of terminal acetylenes is 1. The van der Waals surface area contributed by atoms with E-state index in [1.54, 1.807) is 6.92 Å². The number of amides is 2. The van der Waals surface area contributed by atoms with E-state index in [9.17, 15) is 4.79 Å². The molecule has 0 unspecified atom stereocenters. The lowest BCUT2D eigenvalue weighted by Gasteiger charge is -2.16. The van der Waals surface area contributed by atoms with Crippen molar-refractivity contribution < 1.29 is 9.32 Å². The van der Waals surface area contributed by atoms with Gasteiger partial charge in [-0.3, -0.25) is 0 Å². The molecule has 0 saturated heterocycles. The molecule has 2 N–H and O–H groups in total. The summed E-state index contributed by atoms with van der Waals surface area (Å²) in [4.78, 5) is 15.6. The molecule has 0 aromatic carbocycles. The molecule has 1 aromatic rings. The molecule has 0 aliphatic heterocycles. The van der Waals surface area contributed by atoms with E-state index in [0.29, 0.717) is 24.7 Å². The molecule has 1 heterocycles. The first-order chi connectivity index (χ1) is 8.52. The van der Waals surface area contributed by atoms with Gasteiger partial charge >= 0.3 is 6.03 Å². The largest absolute Gasteiger partial charge is 0.339 e. The Morgan fingerprint density at radius 2 is 2.28 bits per heavy atom. The zero-order valence-electron chi connectivity index (χ0n) is 10.9. The van der Waals surface area contributed by atoms with E-state index in [4.69, 9.17) is 10.9 Å². The van der Waals surface area contributed by atoms with Gasteiger partial charge in [0.15, 0.2) is 5.82 Å². The molecular weight excluding hydrogens is 232 g/mol. The van der Waals surface area contributed by atoms with Crippen molar-refractivity contribution in [2.45, 2.75) is 33.2 Å². The highest BCUT2D eigenvalue weighted by Crippen LogP contribution is 1.99. The van der Waals surface area contributed by atoms with Crippen molar-refractivity contribution in [3.8, 4) is 12.3 Å². The SMILES string of the molecule is C#C[C@@H](NC(=O)NCCc1nc(C)no1)C(C)C. The second-order valence-electron chi connectivity index (χ2n) is 4.27. The second kappa shape index (κ2) is 6.64. The Bertz CT molecular complexity index is 434. The van der Waals surface area contributed by atoms with E-state index in [1.807, 2.05) is 13.8 Å². The Morgan fingerprint density at radius 1 is 1.56 bits per heavy atom. The standard InChI is InChI=1S/C12H18N4O2/c1-5-10(8(2)3)15-12(17)13-7-6-11-14-9(4)16-18-11/h1,8,10H,6-7H2,2-4H3,(H2,13,15,17)/t10-/m1/s1. The summed E-state index contributed by atoms with van der Waals surface area (Å²) in [6.07, 6.45) is 5.82. The second-order valence-corrected chi connectivity index (χ2v) is 4.27. The van der Waals surface area contributed by atoms with Gasteiger partial charge in [-0.05, 0) is 12.8 Å². The predicted octanol–water partition coefficient (Wildman–Crippen LogP) is 0.878. The first-order valence-corrected chi connectivity index (χ1v) is 5.82. The van der Waals surface area contributed by atoms with Crippen LogP contribution in [-0.2, 0) is 6.42 Å². The van der Waals surface area contributed by atoms with Crippen LogP contribution in [0.3, 0.4) is 0 Å². The summed E-state index contributed by atoms with van der Waals surface area (Å²) in [6, 6.07) is -0.557. The zero-order valence-corrected chi connectivity index (χ0v) is 10.9. The van der Waals surface area contributed by atoms with Gasteiger partial charge in [0, 0.05) is 13.0 Å². The highest BCUT2D eigenvalue weighted by atomic mass is 16.5. The van der Waals surface area contributed by atoms with Crippen molar-refractivity contribution in [1.29, 1.82) is 0 Å². The van der Waals surface area contributed by atoms with Gasteiger partial charge in [0.05, 0.1) is 6.04 Å². The van der Waals surface area contributed by atoms with Crippen LogP contribution in [0, 0.1) is 25.2 Å². The van der Waals surface area contributed by atoms with Crippen LogP contribution in [0.15, 0.2) is 4.52 Å². The Labute approximate surface area is 107 Å². The summed E-state index contributed by atoms with van der Waals surface area (Å²) >= 11 is 0. The molecule has 1 rings (SSSR count). The number of carbonyl (C=O) groups excluding carboxylic acids is 1. The third kappa shape index (κ3) is 4.45. The fraction of sp³-hybridized carbons (Fsp3) is 0.583. The molecule has 0 saturated carbocycles. The quantitative estimate of drug-likeness (QED) is 0.760. The number of aryl methyl sites for hydroxylation is 1. The molecule has 0 aliphatic carbocycles. The fourth-order valence-corrected chi connectivity index (χ4v) is 1.32. The molecular formula is C12H18N4O2. The first-order valence-electron chi connectivity index (χ1n) is 5.82. The van der Waals surface area contributed by atoms with Crippen molar-refractivity contribution in [2.24, 2.45) is 5.92 Å². The fourth-order valence-electron chi connectivity index (χ4n) is 1.32. The highest BCUT2D eigenvalue weighted by Gasteiger charge is 2.12. The summed E-state index contributed by atoms with van der Waals surface area (Å²) in [6.45, 7) is 6.06. The Kier molecular flexibility index (Phi) is 5.18. The first kappa shape index (κ1) is 14.0. The number of nitrogens with one attached hydrogen (secondary N) is 2. The van der Waals surface area contributed by atoms with Crippen LogP contribution >= 0.6 is 0 Å². The van der Waals surface area contributed by atoms with Gasteiger partial charge in [-0.1, -0.05) is 24.9 Å². The maximum atomic E-state index is 11.5. The molecule has 1 aromatic heterocycles. The molecule has 0 spiro atoms. The third-order valence-electron chi connectivity index (χ3n) is 2.33. The lowest BCUT2D eigenvalue weighted by atomic mass is 10.1. The maximum Gasteiger partial charge on any atom is 0.315 e. The van der Waals surface area contributed by atoms with Crippen LogP contribution in [0.5, 0.6) is 0 Å². The Balaban J connectivity index is 2.27. The van der Waals surface area contributed by atoms with Crippen LogP contribution < -0.4 is 10.6 Å². The normalized spacial score (nSPS) is 11.9. The van der Waals surface area contributed by atoms with Crippen LogP contribution in [0.25, 0.3) is 0 Å². The Hall–Kier alpha value is -2.03. The van der Waals surface area contributed by atoms with Crippen LogP contribution in [0.4, 0.5) is 4.79 Å². The van der Waals surface area contributed by atoms with Crippen LogP contribution in [-0.4, -0.2) is 28.8 Å². The molecule has 0 aliphatic rings. The summed E-state index contributed by atoms with van der Waals surface area (Å²) in [7, 11) is 0. The van der Waals surface area contributed by atoms with Gasteiger partial charge < -0.3 is 15.2 Å². The van der Waals surface area contributed by atoms with E-state index in [0.717, 1.165) is 0 Å². The van der Waals surface area contributed by atoms with Gasteiger partial charge in [-0.15, -0.1) is 6.42 Å². The monoisotopic (exact) mass is 250 g/mol. The number of aromatic nitrogens is 2. The van der Waals surface area contributed by atoms with Gasteiger partial charge in [-0.25, -0.2) is 4.79 Å². The number of hydrogen-bond acceptors (Lipinski definition) is 4. The summed E-state index contributed by atoms with van der Waals surface area (Å²) < 4.78 is 4.92. The molecule has 18 heavy (non-hydrogen) atoms. The minimum atomic E-state index is -0.289. The molecule has 6 heteroatoms. The third-order valence-corrected chi connectivity index (χ3v) is 2.33. The average molecular weight is 250 g/mol. The summed E-state index contributed by atoms with van der Waals surface area (Å²) in [5.41, 5.74) is 0. The number of nitrogens with zero attached hydrogens (tertiary/aromatic N) is 2. The van der Waals surface area contributed by atoms with Gasteiger partial charge in [0.1, 0.15) is 0 Å². The maximum absolute atomic E-state index is 11.5. The van der Waals surface area contributed by atoms with Gasteiger partial charge in [-0.2, -0.15) is 4.98 Å². The average Bonchev–Trinajstić information content (AvgIpc) is 2.71. The van der Waals surface area contributed by atoms with Crippen molar-refractivity contribution in [3.05, 3.63) is 11.7 Å². The number of carbonyl (C=O) groups is 1. The van der Waals surface area contributed by atoms with E-state index in [1.165, 1.54) is 0 Å². The molecule has 1 atom stereocenters. The highest BCUT2D eigenvalue weighted by molar-refractivity contribution is 5.74. The van der Waals surface area contributed by atoms with E-state index in [-0.39, 0.29) is 18.0 Å². The predicted molar refractivity (Wildman–Crippen MR) is 66.7 cm³/mol. The number of hydrogen-bond donors (Lipinski definition) is 2. The van der Waals surface area contributed by atoms with Gasteiger partial charge in [0.25, 0.3) is 0 Å². The summed E-state index contributed by atoms with van der Waals surface area (Å²) in [5.74, 6) is 3.81. The van der Waals surface area contributed by atoms with Crippen molar-refractivity contribution in [2.75, 3.05) is 6.54 Å². The van der Waals surface area contributed by atoms with Crippen LogP contribution in [0.2, 0.25) is 0 Å². The molecule has 0 radical (unpaired) electrons. The van der Waals surface area contributed by atoms with E-state index >= 15 is 0 Å². The smallest absolute Gasteiger partial charge is 0.315 e. The topological polar surface area (TPSA) is 80.0 Å². The summed E-state index contributed by atoms with van der Waals surface area (Å²) in [5, 5.41) is 9.05. The van der Waals surface area contributed by atoms with Crippen molar-refractivity contribution in [3.63, 3.8) is 0 Å².